The molecular weight excluding hydrogens is 467 g/mol. The second-order valence-corrected chi connectivity index (χ2v) is 11.1. The van der Waals surface area contributed by atoms with Gasteiger partial charge in [0.05, 0.1) is 7.11 Å². The van der Waals surface area contributed by atoms with Crippen LogP contribution < -0.4 is 0 Å². The second-order valence-electron chi connectivity index (χ2n) is 11.1. The topological polar surface area (TPSA) is 51.5 Å². The van der Waals surface area contributed by atoms with Crippen molar-refractivity contribution >= 4 is 22.5 Å². The normalized spacial score (nSPS) is 22.8. The van der Waals surface area contributed by atoms with Gasteiger partial charge >= 0.3 is 0 Å². The average molecular weight is 509 g/mol. The number of hydrogen-bond acceptors (Lipinski definition) is 4. The van der Waals surface area contributed by atoms with E-state index in [-0.39, 0.29) is 24.0 Å². The molecule has 4 unspecified atom stereocenters. The fraction of sp³-hybridized carbons (Fsp3) is 0.548. The predicted octanol–water partition coefficient (Wildman–Crippen LogP) is 6.75. The Balaban J connectivity index is 1.59. The lowest BCUT2D eigenvalue weighted by atomic mass is 9.86. The number of nitrogens with zero attached hydrogens (tertiary/aromatic N) is 2. The zero-order chi connectivity index (χ0) is 26.9. The highest BCUT2D eigenvalue weighted by atomic mass is 19.1. The fourth-order valence-corrected chi connectivity index (χ4v) is 6.44. The van der Waals surface area contributed by atoms with Crippen molar-refractivity contribution in [1.29, 1.82) is 0 Å². The number of carbonyl (C=O) groups is 2. The van der Waals surface area contributed by atoms with Gasteiger partial charge in [-0.05, 0) is 78.5 Å². The van der Waals surface area contributed by atoms with Gasteiger partial charge in [-0.2, -0.15) is 0 Å². The summed E-state index contributed by atoms with van der Waals surface area (Å²) in [6, 6.07) is 8.69. The molecule has 6 heteroatoms. The molecule has 1 aliphatic heterocycles. The molecule has 5 nitrogen and oxygen atoms in total. The lowest BCUT2D eigenvalue weighted by molar-refractivity contribution is -0.115. The summed E-state index contributed by atoms with van der Waals surface area (Å²) in [5, 5.41) is 0.972. The highest BCUT2D eigenvalue weighted by Crippen LogP contribution is 2.38. The van der Waals surface area contributed by atoms with Crippen LogP contribution in [0.4, 0.5) is 4.39 Å². The molecule has 2 aromatic rings. The first-order valence-electron chi connectivity index (χ1n) is 13.6. The molecule has 1 fully saturated rings. The first kappa shape index (κ1) is 27.3. The first-order valence-corrected chi connectivity index (χ1v) is 13.6. The predicted molar refractivity (Wildman–Crippen MR) is 147 cm³/mol. The summed E-state index contributed by atoms with van der Waals surface area (Å²) < 4.78 is 21.4. The van der Waals surface area contributed by atoms with E-state index in [4.69, 9.17) is 4.74 Å². The number of piperidine rings is 1. The number of alkyl halides is 1. The van der Waals surface area contributed by atoms with Crippen LogP contribution in [-0.2, 0) is 9.53 Å². The summed E-state index contributed by atoms with van der Waals surface area (Å²) in [5.41, 5.74) is 4.41. The summed E-state index contributed by atoms with van der Waals surface area (Å²) in [4.78, 5) is 28.6. The molecule has 0 spiro atoms. The molecule has 0 saturated carbocycles. The van der Waals surface area contributed by atoms with Gasteiger partial charge in [0.1, 0.15) is 11.9 Å². The lowest BCUT2D eigenvalue weighted by Gasteiger charge is -2.41. The molecular formula is C31H41FN2O3. The van der Waals surface area contributed by atoms with Crippen LogP contribution in [0.1, 0.15) is 81.9 Å². The van der Waals surface area contributed by atoms with E-state index in [1.807, 2.05) is 38.1 Å². The fourth-order valence-electron chi connectivity index (χ4n) is 6.44. The largest absolute Gasteiger partial charge is 0.496 e. The maximum atomic E-state index is 13.7. The van der Waals surface area contributed by atoms with Gasteiger partial charge in [-0.3, -0.25) is 14.5 Å². The molecule has 0 N–H and O–H groups in total. The van der Waals surface area contributed by atoms with Crippen LogP contribution in [0.3, 0.4) is 0 Å². The first-order chi connectivity index (χ1) is 17.6. The van der Waals surface area contributed by atoms with Gasteiger partial charge in [0.2, 0.25) is 0 Å². The molecule has 4 rings (SSSR count). The molecule has 1 aromatic heterocycles. The molecule has 1 aliphatic carbocycles. The quantitative estimate of drug-likeness (QED) is 0.352. The Bertz CT molecular complexity index is 1240. The van der Waals surface area contributed by atoms with Crippen molar-refractivity contribution in [2.75, 3.05) is 20.2 Å². The Morgan fingerprint density at radius 1 is 1.22 bits per heavy atom. The molecule has 4 atom stereocenters. The molecule has 0 amide bonds. The number of likely N-dealkylation sites (tertiary alicyclic amines) is 1. The van der Waals surface area contributed by atoms with E-state index < -0.39 is 6.17 Å². The number of methoxy groups -OCH3 is 1. The highest BCUT2D eigenvalue weighted by Gasteiger charge is 2.32. The summed E-state index contributed by atoms with van der Waals surface area (Å²) in [5.74, 6) is 1.13. The van der Waals surface area contributed by atoms with Crippen LogP contribution in [0.15, 0.2) is 47.2 Å². The van der Waals surface area contributed by atoms with E-state index in [1.54, 1.807) is 14.0 Å². The number of para-hydroxylation sites is 1. The van der Waals surface area contributed by atoms with Crippen molar-refractivity contribution in [2.24, 2.45) is 5.92 Å². The smallest absolute Gasteiger partial charge is 0.166 e. The summed E-state index contributed by atoms with van der Waals surface area (Å²) in [6.07, 6.45) is 4.13. The molecule has 0 radical (unpaired) electrons. The number of aromatic nitrogens is 1. The number of ether oxygens (including phenoxy) is 1. The Morgan fingerprint density at radius 3 is 2.62 bits per heavy atom. The molecule has 2 aliphatic rings. The van der Waals surface area contributed by atoms with Crippen molar-refractivity contribution in [3.8, 4) is 0 Å². The molecule has 1 aromatic carbocycles. The number of Topliss-reactive ketones (excluding diaryl/α,β-unsaturated/α-hetero) is 2. The zero-order valence-corrected chi connectivity index (χ0v) is 23.1. The molecule has 200 valence electrons. The molecule has 2 heterocycles. The minimum atomic E-state index is -0.819. The van der Waals surface area contributed by atoms with Crippen LogP contribution in [0.5, 0.6) is 0 Å². The van der Waals surface area contributed by atoms with E-state index in [0.717, 1.165) is 47.1 Å². The third-order valence-corrected chi connectivity index (χ3v) is 8.34. The van der Waals surface area contributed by atoms with Gasteiger partial charge in [0.25, 0.3) is 0 Å². The minimum absolute atomic E-state index is 0.0417. The summed E-state index contributed by atoms with van der Waals surface area (Å²) in [6.45, 7) is 11.4. The number of ketones is 2. The van der Waals surface area contributed by atoms with Crippen molar-refractivity contribution < 1.29 is 18.7 Å². The van der Waals surface area contributed by atoms with Gasteiger partial charge in [0.15, 0.2) is 11.6 Å². The number of carbonyl (C=O) groups excluding carboxylic acids is 2. The van der Waals surface area contributed by atoms with Crippen molar-refractivity contribution in [3.63, 3.8) is 0 Å². The van der Waals surface area contributed by atoms with E-state index in [2.05, 4.69) is 29.4 Å². The van der Waals surface area contributed by atoms with E-state index in [1.165, 1.54) is 0 Å². The van der Waals surface area contributed by atoms with Crippen LogP contribution in [-0.4, -0.2) is 53.4 Å². The number of hydrogen-bond donors (Lipinski definition) is 0. The SMILES string of the molecule is COC1=C(CCC(=O)c2c(C)n(C(C)C3CCN(CC(C)F)C(C)C3)c3ccccc23)C(=O)CC(C)=C1. The van der Waals surface area contributed by atoms with Gasteiger partial charge in [0, 0.05) is 59.2 Å². The Labute approximate surface area is 220 Å². The van der Waals surface area contributed by atoms with Gasteiger partial charge in [-0.25, -0.2) is 4.39 Å². The van der Waals surface area contributed by atoms with Crippen LogP contribution in [0, 0.1) is 12.8 Å². The maximum absolute atomic E-state index is 13.7. The van der Waals surface area contributed by atoms with Gasteiger partial charge < -0.3 is 9.30 Å². The summed E-state index contributed by atoms with van der Waals surface area (Å²) in [7, 11) is 1.57. The van der Waals surface area contributed by atoms with Crippen molar-refractivity contribution in [1.82, 2.24) is 9.47 Å². The number of allylic oxidation sites excluding steroid dienone is 3. The number of rotatable bonds is 9. The highest BCUT2D eigenvalue weighted by molar-refractivity contribution is 6.10. The lowest BCUT2D eigenvalue weighted by Crippen LogP contribution is -2.44. The number of benzene rings is 1. The second kappa shape index (κ2) is 11.3. The van der Waals surface area contributed by atoms with Crippen molar-refractivity contribution in [2.45, 2.75) is 85.0 Å². The minimum Gasteiger partial charge on any atom is -0.496 e. The number of fused-ring (bicyclic) bond motifs is 1. The van der Waals surface area contributed by atoms with E-state index >= 15 is 0 Å². The molecule has 0 bridgehead atoms. The van der Waals surface area contributed by atoms with Gasteiger partial charge in [-0.1, -0.05) is 23.8 Å². The Kier molecular flexibility index (Phi) is 8.37. The van der Waals surface area contributed by atoms with Crippen LogP contribution in [0.25, 0.3) is 10.9 Å². The summed E-state index contributed by atoms with van der Waals surface area (Å²) >= 11 is 0. The monoisotopic (exact) mass is 508 g/mol. The maximum Gasteiger partial charge on any atom is 0.166 e. The third kappa shape index (κ3) is 5.59. The van der Waals surface area contributed by atoms with E-state index in [0.29, 0.717) is 42.7 Å². The van der Waals surface area contributed by atoms with Crippen LogP contribution >= 0.6 is 0 Å². The van der Waals surface area contributed by atoms with E-state index in [9.17, 15) is 14.0 Å². The third-order valence-electron chi connectivity index (χ3n) is 8.34. The Hall–Kier alpha value is -2.73. The van der Waals surface area contributed by atoms with Crippen molar-refractivity contribution in [3.05, 3.63) is 58.5 Å². The van der Waals surface area contributed by atoms with Crippen LogP contribution in [0.2, 0.25) is 0 Å². The number of halogens is 1. The molecule has 1 saturated heterocycles. The average Bonchev–Trinajstić information content (AvgIpc) is 3.15. The Morgan fingerprint density at radius 2 is 1.95 bits per heavy atom. The zero-order valence-electron chi connectivity index (χ0n) is 23.1. The molecule has 37 heavy (non-hydrogen) atoms. The standard InChI is InChI=1S/C31H41FN2O3/c1-19-15-29(36)26(30(16-19)37-6)11-12-28(35)31-23(5)34(27-10-8-7-9-25(27)31)22(4)24-13-14-33(18-20(2)32)21(3)17-24/h7-10,16,20-22,24H,11-15,17-18H2,1-6H3. The van der Waals surface area contributed by atoms with Gasteiger partial charge in [-0.15, -0.1) is 0 Å².